The maximum atomic E-state index is 12.7. The van der Waals surface area contributed by atoms with Gasteiger partial charge in [0.05, 0.1) is 17.8 Å². The van der Waals surface area contributed by atoms with Gasteiger partial charge in [0.1, 0.15) is 0 Å². The van der Waals surface area contributed by atoms with E-state index in [0.717, 1.165) is 11.3 Å². The number of amides is 1. The fourth-order valence-electron chi connectivity index (χ4n) is 2.32. The van der Waals surface area contributed by atoms with Gasteiger partial charge in [-0.05, 0) is 35.0 Å². The number of rotatable bonds is 2. The summed E-state index contributed by atoms with van der Waals surface area (Å²) in [4.78, 5) is 12.7. The van der Waals surface area contributed by atoms with Crippen molar-refractivity contribution in [2.24, 2.45) is 0 Å². The molecule has 2 aromatic rings. The van der Waals surface area contributed by atoms with E-state index in [1.807, 2.05) is 60.2 Å². The highest BCUT2D eigenvalue weighted by atomic mass is 35.7. The third-order valence-electron chi connectivity index (χ3n) is 3.44. The number of hydrogen-bond acceptors (Lipinski definition) is 2. The first-order valence-corrected chi connectivity index (χ1v) is 8.96. The minimum Gasteiger partial charge on any atom is -0.324 e. The molecule has 2 aromatic carbocycles. The first-order valence-electron chi connectivity index (χ1n) is 6.43. The van der Waals surface area contributed by atoms with E-state index in [2.05, 4.69) is 0 Å². The van der Waals surface area contributed by atoms with Crippen LogP contribution >= 0.6 is 30.4 Å². The van der Waals surface area contributed by atoms with Gasteiger partial charge >= 0.3 is 0 Å². The van der Waals surface area contributed by atoms with Crippen LogP contribution < -0.4 is 4.67 Å². The molecular formula is C15H13Cl2N2OP. The van der Waals surface area contributed by atoms with Gasteiger partial charge < -0.3 is 4.67 Å². The van der Waals surface area contributed by atoms with E-state index in [4.69, 9.17) is 22.8 Å². The van der Waals surface area contributed by atoms with Crippen LogP contribution in [-0.4, -0.2) is 17.6 Å². The molecule has 0 N–H and O–H groups in total. The summed E-state index contributed by atoms with van der Waals surface area (Å²) in [7, 11) is 0.659. The van der Waals surface area contributed by atoms with Crippen molar-refractivity contribution in [3.05, 3.63) is 64.7 Å². The Bertz CT molecular complexity index is 695. The summed E-state index contributed by atoms with van der Waals surface area (Å²) in [6, 6.07) is 15.0. The number of carbonyl (C=O) groups is 1. The zero-order valence-corrected chi connectivity index (χ0v) is 13.7. The van der Waals surface area contributed by atoms with Crippen LogP contribution in [0.1, 0.15) is 15.9 Å². The molecule has 0 saturated carbocycles. The Labute approximate surface area is 134 Å². The summed E-state index contributed by atoms with van der Waals surface area (Å²) < 4.78 is 3.63. The van der Waals surface area contributed by atoms with Crippen molar-refractivity contribution in [3.63, 3.8) is 0 Å². The van der Waals surface area contributed by atoms with Crippen molar-refractivity contribution < 1.29 is 4.79 Å². The van der Waals surface area contributed by atoms with Crippen LogP contribution in [0.4, 0.5) is 5.69 Å². The molecule has 21 heavy (non-hydrogen) atoms. The van der Waals surface area contributed by atoms with Gasteiger partial charge in [-0.3, -0.25) is 9.46 Å². The largest absolute Gasteiger partial charge is 0.324 e. The fourth-order valence-corrected chi connectivity index (χ4v) is 4.33. The first kappa shape index (κ1) is 14.6. The van der Waals surface area contributed by atoms with E-state index in [0.29, 0.717) is 17.1 Å². The van der Waals surface area contributed by atoms with Crippen LogP contribution in [0.15, 0.2) is 48.5 Å². The predicted octanol–water partition coefficient (Wildman–Crippen LogP) is 4.90. The number of para-hydroxylation sites is 1. The second-order valence-corrected chi connectivity index (χ2v) is 7.61. The van der Waals surface area contributed by atoms with E-state index in [1.54, 1.807) is 4.67 Å². The number of anilines is 1. The average Bonchev–Trinajstić information content (AvgIpc) is 2.51. The van der Waals surface area contributed by atoms with Gasteiger partial charge in [-0.25, -0.2) is 0 Å². The van der Waals surface area contributed by atoms with Crippen LogP contribution in [0.25, 0.3) is 0 Å². The lowest BCUT2D eigenvalue weighted by atomic mass is 10.1. The van der Waals surface area contributed by atoms with Crippen molar-refractivity contribution in [1.82, 2.24) is 4.67 Å². The molecule has 0 saturated heterocycles. The Morgan fingerprint density at radius 3 is 2.52 bits per heavy atom. The van der Waals surface area contributed by atoms with E-state index in [-0.39, 0.29) is 5.91 Å². The molecule has 0 aromatic heterocycles. The number of hydrogen-bond donors (Lipinski definition) is 0. The molecule has 108 valence electrons. The molecule has 6 heteroatoms. The summed E-state index contributed by atoms with van der Waals surface area (Å²) in [5.41, 5.74) is 2.44. The zero-order chi connectivity index (χ0) is 15.0. The van der Waals surface area contributed by atoms with Crippen LogP contribution in [0.2, 0.25) is 5.02 Å². The zero-order valence-electron chi connectivity index (χ0n) is 11.3. The molecule has 1 aliphatic rings. The van der Waals surface area contributed by atoms with Gasteiger partial charge in [-0.1, -0.05) is 41.9 Å². The highest BCUT2D eigenvalue weighted by molar-refractivity contribution is 7.83. The monoisotopic (exact) mass is 338 g/mol. The average molecular weight is 339 g/mol. The van der Waals surface area contributed by atoms with Crippen LogP contribution in [-0.2, 0) is 6.54 Å². The van der Waals surface area contributed by atoms with Gasteiger partial charge in [0, 0.05) is 12.1 Å². The van der Waals surface area contributed by atoms with Gasteiger partial charge in [-0.2, -0.15) is 0 Å². The molecule has 0 fully saturated rings. The topological polar surface area (TPSA) is 23.6 Å². The number of fused-ring (bicyclic) bond motifs is 1. The molecule has 0 spiro atoms. The van der Waals surface area contributed by atoms with Crippen molar-refractivity contribution >= 4 is 42.0 Å². The van der Waals surface area contributed by atoms with Crippen LogP contribution in [0.5, 0.6) is 0 Å². The molecular weight excluding hydrogens is 326 g/mol. The number of nitrogens with zero attached hydrogens (tertiary/aromatic N) is 2. The molecule has 0 bridgehead atoms. The molecule has 1 aliphatic heterocycles. The molecule has 1 atom stereocenters. The second-order valence-electron chi connectivity index (χ2n) is 4.74. The quantitative estimate of drug-likeness (QED) is 0.727. The van der Waals surface area contributed by atoms with Crippen molar-refractivity contribution in [3.8, 4) is 0 Å². The highest BCUT2D eigenvalue weighted by Gasteiger charge is 2.35. The fraction of sp³-hybridized carbons (Fsp3) is 0.133. The van der Waals surface area contributed by atoms with Gasteiger partial charge in [0.15, 0.2) is 7.58 Å². The lowest BCUT2D eigenvalue weighted by Crippen LogP contribution is -2.35. The summed E-state index contributed by atoms with van der Waals surface area (Å²) >= 11 is 12.7. The highest BCUT2D eigenvalue weighted by Crippen LogP contribution is 2.56. The standard InChI is InChI=1S/C15H13Cl2N2OP/c1-18-14-9-5-3-7-12(14)15(20)19(21(18)17)10-11-6-2-4-8-13(11)16/h2-9H,10H2,1H3. The van der Waals surface area contributed by atoms with Crippen molar-refractivity contribution in [2.45, 2.75) is 6.54 Å². The molecule has 1 unspecified atom stereocenters. The molecule has 0 radical (unpaired) electrons. The molecule has 3 rings (SSSR count). The lowest BCUT2D eigenvalue weighted by Gasteiger charge is -2.39. The molecule has 1 amide bonds. The molecule has 3 nitrogen and oxygen atoms in total. The van der Waals surface area contributed by atoms with Crippen molar-refractivity contribution in [1.29, 1.82) is 0 Å². The first-order chi connectivity index (χ1) is 10.1. The third-order valence-corrected chi connectivity index (χ3v) is 6.47. The van der Waals surface area contributed by atoms with Gasteiger partial charge in [0.2, 0.25) is 0 Å². The lowest BCUT2D eigenvalue weighted by molar-refractivity contribution is 0.0858. The summed E-state index contributed by atoms with van der Waals surface area (Å²) in [6.07, 6.45) is 0. The maximum absolute atomic E-state index is 12.7. The van der Waals surface area contributed by atoms with E-state index >= 15 is 0 Å². The van der Waals surface area contributed by atoms with Gasteiger partial charge in [-0.15, -0.1) is 0 Å². The number of halogens is 2. The Balaban J connectivity index is 1.97. The number of benzene rings is 2. The second kappa shape index (κ2) is 5.84. The Kier molecular flexibility index (Phi) is 4.08. The SMILES string of the molecule is CN1c2ccccc2C(=O)N(Cc2ccccc2Cl)P1Cl. The Hall–Kier alpha value is -1.28. The van der Waals surface area contributed by atoms with Crippen molar-refractivity contribution in [2.75, 3.05) is 11.7 Å². The number of carbonyl (C=O) groups excluding carboxylic acids is 1. The van der Waals surface area contributed by atoms with E-state index in [9.17, 15) is 4.79 Å². The van der Waals surface area contributed by atoms with Gasteiger partial charge in [0.25, 0.3) is 5.91 Å². The molecule has 1 heterocycles. The van der Waals surface area contributed by atoms with E-state index < -0.39 is 7.58 Å². The Morgan fingerprint density at radius 2 is 1.76 bits per heavy atom. The smallest absolute Gasteiger partial charge is 0.261 e. The summed E-state index contributed by atoms with van der Waals surface area (Å²) in [6.45, 7) is 0.409. The minimum absolute atomic E-state index is 0.0512. The normalized spacial score (nSPS) is 17.9. The summed E-state index contributed by atoms with van der Waals surface area (Å²) in [5.74, 6) is -0.0512. The van der Waals surface area contributed by atoms with Crippen LogP contribution in [0.3, 0.4) is 0 Å². The Morgan fingerprint density at radius 1 is 1.10 bits per heavy atom. The molecule has 0 aliphatic carbocycles. The van der Waals surface area contributed by atoms with Crippen LogP contribution in [0, 0.1) is 0 Å². The third kappa shape index (κ3) is 2.62. The minimum atomic E-state index is -1.25. The van der Waals surface area contributed by atoms with E-state index in [1.165, 1.54) is 0 Å². The summed E-state index contributed by atoms with van der Waals surface area (Å²) in [5, 5.41) is 0.645. The predicted molar refractivity (Wildman–Crippen MR) is 88.9 cm³/mol. The maximum Gasteiger partial charge on any atom is 0.261 e.